The van der Waals surface area contributed by atoms with E-state index >= 15 is 0 Å². The van der Waals surface area contributed by atoms with Gasteiger partial charge in [-0.2, -0.15) is 0 Å². The van der Waals surface area contributed by atoms with Gasteiger partial charge in [0.15, 0.2) is 11.9 Å². The fraction of sp³-hybridized carbons (Fsp3) is 0.455. The van der Waals surface area contributed by atoms with Gasteiger partial charge in [0.25, 0.3) is 5.56 Å². The number of nitrogens with one attached hydrogen (secondary N) is 1. The number of aliphatic hydroxyl groups is 3. The molecule has 3 heterocycles. The third-order valence-electron chi connectivity index (χ3n) is 3.36. The molecule has 1 saturated heterocycles. The molecule has 0 amide bonds. The average Bonchev–Trinajstić information content (AvgIpc) is 2.90. The molecule has 20 heavy (non-hydrogen) atoms. The number of halogens is 1. The Kier molecular flexibility index (Phi) is 3.54. The highest BCUT2D eigenvalue weighted by Gasteiger charge is 2.44. The zero-order valence-electron chi connectivity index (χ0n) is 10.1. The normalized spacial score (nSPS) is 30.2. The SMILES string of the molecule is O=c1[nH]cnc2c1c(I)cn2[C@@H]1O[C@H](CO)[C@@H](O)[C@H]1O. The molecule has 0 aliphatic carbocycles. The van der Waals surface area contributed by atoms with Gasteiger partial charge >= 0.3 is 0 Å². The van der Waals surface area contributed by atoms with Crippen molar-refractivity contribution in [3.8, 4) is 0 Å². The summed E-state index contributed by atoms with van der Waals surface area (Å²) in [5.41, 5.74) is 0.0675. The molecule has 4 N–H and O–H groups in total. The molecule has 1 fully saturated rings. The van der Waals surface area contributed by atoms with Crippen LogP contribution in [0.2, 0.25) is 0 Å². The number of aromatic nitrogens is 3. The van der Waals surface area contributed by atoms with Crippen LogP contribution < -0.4 is 5.56 Å². The van der Waals surface area contributed by atoms with E-state index in [9.17, 15) is 15.0 Å². The maximum absolute atomic E-state index is 11.8. The Morgan fingerprint density at radius 1 is 1.45 bits per heavy atom. The van der Waals surface area contributed by atoms with E-state index in [1.807, 2.05) is 22.6 Å². The standard InChI is InChI=1S/C11H12IN3O5/c12-4-1-15(9-6(4)10(19)14-3-13-9)11-8(18)7(17)5(2-16)20-11/h1,3,5,7-8,11,16-18H,2H2,(H,13,14,19)/t5-,7-,8-,11-/m1/s1. The maximum Gasteiger partial charge on any atom is 0.261 e. The molecule has 0 unspecified atom stereocenters. The smallest absolute Gasteiger partial charge is 0.261 e. The third kappa shape index (κ3) is 1.97. The second kappa shape index (κ2) is 5.07. The van der Waals surface area contributed by atoms with Gasteiger partial charge < -0.3 is 29.6 Å². The molecule has 8 nitrogen and oxygen atoms in total. The molecule has 4 atom stereocenters. The van der Waals surface area contributed by atoms with E-state index < -0.39 is 31.1 Å². The predicted molar refractivity (Wildman–Crippen MR) is 76.1 cm³/mol. The number of rotatable bonds is 2. The van der Waals surface area contributed by atoms with Crippen molar-refractivity contribution in [3.63, 3.8) is 0 Å². The number of hydrogen-bond acceptors (Lipinski definition) is 6. The zero-order valence-corrected chi connectivity index (χ0v) is 12.3. The summed E-state index contributed by atoms with van der Waals surface area (Å²) in [6, 6.07) is 0. The Balaban J connectivity index is 2.12. The van der Waals surface area contributed by atoms with Crippen molar-refractivity contribution >= 4 is 33.6 Å². The minimum absolute atomic E-state index is 0.287. The molecule has 0 bridgehead atoms. The molecular weight excluding hydrogens is 381 g/mol. The first-order valence-electron chi connectivity index (χ1n) is 5.90. The Bertz CT molecular complexity index is 699. The zero-order chi connectivity index (χ0) is 14.4. The molecule has 1 aliphatic heterocycles. The largest absolute Gasteiger partial charge is 0.394 e. The van der Waals surface area contributed by atoms with E-state index in [1.54, 1.807) is 6.20 Å². The van der Waals surface area contributed by atoms with Crippen LogP contribution in [0.25, 0.3) is 11.0 Å². The summed E-state index contributed by atoms with van der Waals surface area (Å²) >= 11 is 1.99. The number of aliphatic hydroxyl groups excluding tert-OH is 3. The lowest BCUT2D eigenvalue weighted by molar-refractivity contribution is -0.0509. The lowest BCUT2D eigenvalue weighted by Gasteiger charge is -2.17. The van der Waals surface area contributed by atoms with E-state index in [-0.39, 0.29) is 5.56 Å². The van der Waals surface area contributed by atoms with E-state index in [0.717, 1.165) is 0 Å². The van der Waals surface area contributed by atoms with Gasteiger partial charge in [0, 0.05) is 9.77 Å². The molecule has 0 saturated carbocycles. The van der Waals surface area contributed by atoms with Crippen LogP contribution in [0.3, 0.4) is 0 Å². The maximum atomic E-state index is 11.8. The highest BCUT2D eigenvalue weighted by Crippen LogP contribution is 2.32. The van der Waals surface area contributed by atoms with Gasteiger partial charge in [0.05, 0.1) is 18.3 Å². The van der Waals surface area contributed by atoms with Gasteiger partial charge in [-0.3, -0.25) is 4.79 Å². The molecule has 0 aromatic carbocycles. The van der Waals surface area contributed by atoms with Crippen LogP contribution in [-0.4, -0.2) is 54.8 Å². The summed E-state index contributed by atoms with van der Waals surface area (Å²) in [5.74, 6) is 0. The Labute approximate surface area is 126 Å². The third-order valence-corrected chi connectivity index (χ3v) is 4.18. The topological polar surface area (TPSA) is 121 Å². The van der Waals surface area contributed by atoms with Gasteiger partial charge in [-0.05, 0) is 22.6 Å². The Hall–Kier alpha value is -1.01. The minimum atomic E-state index is -1.21. The van der Waals surface area contributed by atoms with E-state index in [1.165, 1.54) is 10.9 Å². The van der Waals surface area contributed by atoms with Crippen LogP contribution in [0, 0.1) is 3.57 Å². The molecular formula is C11H12IN3O5. The van der Waals surface area contributed by atoms with Crippen LogP contribution in [0.5, 0.6) is 0 Å². The lowest BCUT2D eigenvalue weighted by Crippen LogP contribution is -2.33. The van der Waals surface area contributed by atoms with Crippen LogP contribution in [-0.2, 0) is 4.74 Å². The van der Waals surface area contributed by atoms with Gasteiger partial charge in [-0.25, -0.2) is 4.98 Å². The van der Waals surface area contributed by atoms with Crippen molar-refractivity contribution in [3.05, 3.63) is 26.4 Å². The van der Waals surface area contributed by atoms with Crippen LogP contribution in [0.15, 0.2) is 17.3 Å². The second-order valence-electron chi connectivity index (χ2n) is 4.54. The van der Waals surface area contributed by atoms with E-state index in [0.29, 0.717) is 14.6 Å². The molecule has 0 spiro atoms. The van der Waals surface area contributed by atoms with Crippen LogP contribution in [0.1, 0.15) is 6.23 Å². The number of nitrogens with zero attached hydrogens (tertiary/aromatic N) is 2. The first-order valence-corrected chi connectivity index (χ1v) is 6.98. The molecule has 0 radical (unpaired) electrons. The highest BCUT2D eigenvalue weighted by atomic mass is 127. The summed E-state index contributed by atoms with van der Waals surface area (Å²) < 4.78 is 7.59. The second-order valence-corrected chi connectivity index (χ2v) is 5.71. The molecule has 2 aromatic rings. The summed E-state index contributed by atoms with van der Waals surface area (Å²) in [5, 5.41) is 29.3. The number of ether oxygens (including phenoxy) is 1. The monoisotopic (exact) mass is 393 g/mol. The van der Waals surface area contributed by atoms with Crippen LogP contribution in [0.4, 0.5) is 0 Å². The Morgan fingerprint density at radius 2 is 2.20 bits per heavy atom. The molecule has 3 rings (SSSR count). The number of hydrogen-bond donors (Lipinski definition) is 4. The summed E-state index contributed by atoms with van der Waals surface area (Å²) in [7, 11) is 0. The van der Waals surface area contributed by atoms with Gasteiger partial charge in [-0.15, -0.1) is 0 Å². The quantitative estimate of drug-likeness (QED) is 0.483. The van der Waals surface area contributed by atoms with Crippen LogP contribution >= 0.6 is 22.6 Å². The molecule has 2 aromatic heterocycles. The average molecular weight is 393 g/mol. The Morgan fingerprint density at radius 3 is 2.85 bits per heavy atom. The summed E-state index contributed by atoms with van der Waals surface area (Å²) in [6.07, 6.45) is -1.29. The first-order chi connectivity index (χ1) is 9.54. The van der Waals surface area contributed by atoms with Gasteiger partial charge in [0.1, 0.15) is 18.3 Å². The van der Waals surface area contributed by atoms with Gasteiger partial charge in [-0.1, -0.05) is 0 Å². The molecule has 108 valence electrons. The van der Waals surface area contributed by atoms with Crippen molar-refractivity contribution in [1.82, 2.24) is 14.5 Å². The first kappa shape index (κ1) is 13.9. The summed E-state index contributed by atoms with van der Waals surface area (Å²) in [4.78, 5) is 18.4. The lowest BCUT2D eigenvalue weighted by atomic mass is 10.1. The minimum Gasteiger partial charge on any atom is -0.394 e. The van der Waals surface area contributed by atoms with E-state index in [2.05, 4.69) is 9.97 Å². The fourth-order valence-electron chi connectivity index (χ4n) is 2.35. The fourth-order valence-corrected chi connectivity index (χ4v) is 3.14. The number of aromatic amines is 1. The number of H-pyrrole nitrogens is 1. The molecule has 1 aliphatic rings. The van der Waals surface area contributed by atoms with Gasteiger partial charge in [0.2, 0.25) is 0 Å². The molecule has 9 heteroatoms. The van der Waals surface area contributed by atoms with Crippen molar-refractivity contribution in [2.24, 2.45) is 0 Å². The number of fused-ring (bicyclic) bond motifs is 1. The van der Waals surface area contributed by atoms with Crippen molar-refractivity contribution in [2.75, 3.05) is 6.61 Å². The van der Waals surface area contributed by atoms with Crippen molar-refractivity contribution in [2.45, 2.75) is 24.5 Å². The van der Waals surface area contributed by atoms with E-state index in [4.69, 9.17) is 9.84 Å². The predicted octanol–water partition coefficient (Wildman–Crippen LogP) is -1.06. The van der Waals surface area contributed by atoms with Crippen molar-refractivity contribution in [1.29, 1.82) is 0 Å². The van der Waals surface area contributed by atoms with Crippen molar-refractivity contribution < 1.29 is 20.1 Å². The summed E-state index contributed by atoms with van der Waals surface area (Å²) in [6.45, 7) is -0.404. The highest BCUT2D eigenvalue weighted by molar-refractivity contribution is 14.1.